The Morgan fingerprint density at radius 3 is 2.58 bits per heavy atom. The zero-order chi connectivity index (χ0) is 18.2. The SMILES string of the molecule is COc1cccc(CCNC(=O)c2ccc(Nc3ccccc3)nn2)c1. The van der Waals surface area contributed by atoms with Crippen LogP contribution in [-0.4, -0.2) is 29.8 Å². The minimum Gasteiger partial charge on any atom is -0.497 e. The molecule has 132 valence electrons. The number of methoxy groups -OCH3 is 1. The molecule has 2 aromatic carbocycles. The van der Waals surface area contributed by atoms with Crippen molar-refractivity contribution in [2.45, 2.75) is 6.42 Å². The molecule has 0 fully saturated rings. The monoisotopic (exact) mass is 348 g/mol. The topological polar surface area (TPSA) is 76.1 Å². The van der Waals surface area contributed by atoms with E-state index < -0.39 is 0 Å². The molecule has 1 amide bonds. The van der Waals surface area contributed by atoms with Crippen LogP contribution in [0.2, 0.25) is 0 Å². The van der Waals surface area contributed by atoms with Crippen LogP contribution in [0.4, 0.5) is 11.5 Å². The van der Waals surface area contributed by atoms with E-state index in [1.807, 2.05) is 54.6 Å². The zero-order valence-electron chi connectivity index (χ0n) is 14.5. The average molecular weight is 348 g/mol. The number of ether oxygens (including phenoxy) is 1. The molecule has 0 atom stereocenters. The van der Waals surface area contributed by atoms with Crippen LogP contribution in [0.5, 0.6) is 5.75 Å². The van der Waals surface area contributed by atoms with Gasteiger partial charge in [0.15, 0.2) is 11.5 Å². The summed E-state index contributed by atoms with van der Waals surface area (Å²) in [7, 11) is 1.63. The molecule has 0 saturated carbocycles. The molecule has 2 N–H and O–H groups in total. The van der Waals surface area contributed by atoms with Crippen molar-refractivity contribution in [3.8, 4) is 5.75 Å². The summed E-state index contributed by atoms with van der Waals surface area (Å²) in [6.07, 6.45) is 0.712. The number of amides is 1. The molecule has 0 unspecified atom stereocenters. The molecule has 6 heteroatoms. The van der Waals surface area contributed by atoms with Gasteiger partial charge in [0.2, 0.25) is 0 Å². The van der Waals surface area contributed by atoms with E-state index in [0.717, 1.165) is 17.0 Å². The third-order valence-corrected chi connectivity index (χ3v) is 3.78. The quantitative estimate of drug-likeness (QED) is 0.686. The molecule has 0 radical (unpaired) electrons. The first-order valence-corrected chi connectivity index (χ1v) is 8.31. The normalized spacial score (nSPS) is 10.2. The molecule has 26 heavy (non-hydrogen) atoms. The standard InChI is InChI=1S/C20H20N4O2/c1-26-17-9-5-6-15(14-17)12-13-21-20(25)18-10-11-19(24-23-18)22-16-7-3-2-4-8-16/h2-11,14H,12-13H2,1H3,(H,21,25)(H,22,24). The predicted octanol–water partition coefficient (Wildman–Crippen LogP) is 3.20. The number of nitrogens with zero attached hydrogens (tertiary/aromatic N) is 2. The van der Waals surface area contributed by atoms with E-state index >= 15 is 0 Å². The number of anilines is 2. The summed E-state index contributed by atoms with van der Waals surface area (Å²) < 4.78 is 5.19. The van der Waals surface area contributed by atoms with E-state index in [1.54, 1.807) is 19.2 Å². The lowest BCUT2D eigenvalue weighted by Crippen LogP contribution is -2.26. The van der Waals surface area contributed by atoms with Crippen LogP contribution >= 0.6 is 0 Å². The molecule has 6 nitrogen and oxygen atoms in total. The first kappa shape index (κ1) is 17.4. The van der Waals surface area contributed by atoms with Crippen LogP contribution in [-0.2, 0) is 6.42 Å². The first-order chi connectivity index (χ1) is 12.7. The number of hydrogen-bond donors (Lipinski definition) is 2. The highest BCUT2D eigenvalue weighted by Crippen LogP contribution is 2.13. The van der Waals surface area contributed by atoms with Crippen LogP contribution < -0.4 is 15.4 Å². The second-order valence-corrected chi connectivity index (χ2v) is 5.65. The van der Waals surface area contributed by atoms with Gasteiger partial charge in [-0.25, -0.2) is 0 Å². The van der Waals surface area contributed by atoms with E-state index in [9.17, 15) is 4.79 Å². The smallest absolute Gasteiger partial charge is 0.271 e. The maximum atomic E-state index is 12.2. The highest BCUT2D eigenvalue weighted by Gasteiger charge is 2.08. The van der Waals surface area contributed by atoms with Crippen molar-refractivity contribution in [1.82, 2.24) is 15.5 Å². The van der Waals surface area contributed by atoms with Gasteiger partial charge in [0.1, 0.15) is 5.75 Å². The highest BCUT2D eigenvalue weighted by molar-refractivity contribution is 5.92. The summed E-state index contributed by atoms with van der Waals surface area (Å²) in [6, 6.07) is 20.8. The maximum Gasteiger partial charge on any atom is 0.271 e. The maximum absolute atomic E-state index is 12.2. The van der Waals surface area contributed by atoms with E-state index in [0.29, 0.717) is 18.8 Å². The van der Waals surface area contributed by atoms with E-state index in [1.165, 1.54) is 0 Å². The lowest BCUT2D eigenvalue weighted by atomic mass is 10.1. The van der Waals surface area contributed by atoms with Crippen molar-refractivity contribution < 1.29 is 9.53 Å². The minimum absolute atomic E-state index is 0.244. The largest absolute Gasteiger partial charge is 0.497 e. The summed E-state index contributed by atoms with van der Waals surface area (Å²) in [4.78, 5) is 12.2. The van der Waals surface area contributed by atoms with Gasteiger partial charge in [-0.05, 0) is 48.4 Å². The van der Waals surface area contributed by atoms with Crippen molar-refractivity contribution in [3.05, 3.63) is 78.0 Å². The third kappa shape index (κ3) is 4.80. The van der Waals surface area contributed by atoms with Gasteiger partial charge in [-0.15, -0.1) is 10.2 Å². The lowest BCUT2D eigenvalue weighted by Gasteiger charge is -2.07. The van der Waals surface area contributed by atoms with Crippen molar-refractivity contribution in [2.75, 3.05) is 19.0 Å². The van der Waals surface area contributed by atoms with Gasteiger partial charge in [0.25, 0.3) is 5.91 Å². The molecule has 0 aliphatic heterocycles. The summed E-state index contributed by atoms with van der Waals surface area (Å²) >= 11 is 0. The zero-order valence-corrected chi connectivity index (χ0v) is 14.5. The Morgan fingerprint density at radius 2 is 1.85 bits per heavy atom. The van der Waals surface area contributed by atoms with E-state index in [-0.39, 0.29) is 11.6 Å². The van der Waals surface area contributed by atoms with Crippen molar-refractivity contribution >= 4 is 17.4 Å². The number of nitrogens with one attached hydrogen (secondary N) is 2. The highest BCUT2D eigenvalue weighted by atomic mass is 16.5. The second-order valence-electron chi connectivity index (χ2n) is 5.65. The molecule has 0 aliphatic carbocycles. The first-order valence-electron chi connectivity index (χ1n) is 8.31. The third-order valence-electron chi connectivity index (χ3n) is 3.78. The Balaban J connectivity index is 1.51. The Morgan fingerprint density at radius 1 is 1.00 bits per heavy atom. The van der Waals surface area contributed by atoms with E-state index in [4.69, 9.17) is 4.74 Å². The molecule has 3 rings (SSSR count). The Kier molecular flexibility index (Phi) is 5.77. The Bertz CT molecular complexity index is 851. The molecule has 1 heterocycles. The number of carbonyl (C=O) groups excluding carboxylic acids is 1. The van der Waals surface area contributed by atoms with Crippen LogP contribution in [0.15, 0.2) is 66.7 Å². The number of aromatic nitrogens is 2. The summed E-state index contributed by atoms with van der Waals surface area (Å²) in [5, 5.41) is 14.0. The average Bonchev–Trinajstić information content (AvgIpc) is 2.69. The van der Waals surface area contributed by atoms with Gasteiger partial charge in [-0.2, -0.15) is 0 Å². The molecule has 1 aromatic heterocycles. The van der Waals surface area contributed by atoms with Gasteiger partial charge in [0, 0.05) is 12.2 Å². The molecule has 0 bridgehead atoms. The molecular formula is C20H20N4O2. The second kappa shape index (κ2) is 8.62. The van der Waals surface area contributed by atoms with Gasteiger partial charge in [-0.3, -0.25) is 4.79 Å². The fraction of sp³-hybridized carbons (Fsp3) is 0.150. The number of para-hydroxylation sites is 1. The summed E-state index contributed by atoms with van der Waals surface area (Å²) in [5.41, 5.74) is 2.30. The molecule has 0 saturated heterocycles. The number of carbonyl (C=O) groups is 1. The number of benzene rings is 2. The van der Waals surface area contributed by atoms with Crippen LogP contribution in [0.25, 0.3) is 0 Å². The fourth-order valence-corrected chi connectivity index (χ4v) is 2.43. The van der Waals surface area contributed by atoms with Crippen molar-refractivity contribution in [3.63, 3.8) is 0 Å². The fourth-order valence-electron chi connectivity index (χ4n) is 2.43. The molecule has 3 aromatic rings. The minimum atomic E-state index is -0.244. The van der Waals surface area contributed by atoms with Gasteiger partial charge in [0.05, 0.1) is 7.11 Å². The van der Waals surface area contributed by atoms with Crippen molar-refractivity contribution in [2.24, 2.45) is 0 Å². The molecule has 0 aliphatic rings. The summed E-state index contributed by atoms with van der Waals surface area (Å²) in [6.45, 7) is 0.512. The van der Waals surface area contributed by atoms with E-state index in [2.05, 4.69) is 20.8 Å². The van der Waals surface area contributed by atoms with Gasteiger partial charge in [-0.1, -0.05) is 30.3 Å². The van der Waals surface area contributed by atoms with Crippen LogP contribution in [0.3, 0.4) is 0 Å². The lowest BCUT2D eigenvalue weighted by molar-refractivity contribution is 0.0948. The number of hydrogen-bond acceptors (Lipinski definition) is 5. The van der Waals surface area contributed by atoms with Gasteiger partial charge < -0.3 is 15.4 Å². The Labute approximate surface area is 152 Å². The molecular weight excluding hydrogens is 328 g/mol. The predicted molar refractivity (Wildman–Crippen MR) is 101 cm³/mol. The Hall–Kier alpha value is -3.41. The van der Waals surface area contributed by atoms with Gasteiger partial charge >= 0.3 is 0 Å². The van der Waals surface area contributed by atoms with Crippen molar-refractivity contribution in [1.29, 1.82) is 0 Å². The number of rotatable bonds is 7. The molecule has 0 spiro atoms. The van der Waals surface area contributed by atoms with Crippen LogP contribution in [0.1, 0.15) is 16.1 Å². The van der Waals surface area contributed by atoms with Crippen LogP contribution in [0, 0.1) is 0 Å². The summed E-state index contributed by atoms with van der Waals surface area (Å²) in [5.74, 6) is 1.15.